The van der Waals surface area contributed by atoms with E-state index in [4.69, 9.17) is 18.0 Å². The first-order valence-electron chi connectivity index (χ1n) is 5.89. The molecule has 4 nitrogen and oxygen atoms in total. The number of hydrogen-bond acceptors (Lipinski definition) is 3. The van der Waals surface area contributed by atoms with Gasteiger partial charge in [-0.15, -0.1) is 0 Å². The number of halogens is 1. The van der Waals surface area contributed by atoms with Crippen molar-refractivity contribution in [3.63, 3.8) is 0 Å². The predicted octanol–water partition coefficient (Wildman–Crippen LogP) is 1.40. The molecule has 0 atom stereocenters. The number of likely N-dealkylation sites (N-methyl/N-ethyl adjacent to an activating group) is 2. The fourth-order valence-corrected chi connectivity index (χ4v) is 1.62. The van der Waals surface area contributed by atoms with Crippen molar-refractivity contribution in [3.05, 3.63) is 30.1 Å². The molecule has 19 heavy (non-hydrogen) atoms. The zero-order valence-electron chi connectivity index (χ0n) is 11.1. The number of nitrogens with two attached hydrogens (primary N) is 1. The van der Waals surface area contributed by atoms with E-state index >= 15 is 0 Å². The molecule has 6 heteroatoms. The van der Waals surface area contributed by atoms with Gasteiger partial charge in [-0.05, 0) is 18.2 Å². The summed E-state index contributed by atoms with van der Waals surface area (Å²) in [4.78, 5) is 15.6. The Morgan fingerprint density at radius 2 is 2.11 bits per heavy atom. The van der Waals surface area contributed by atoms with Gasteiger partial charge in [0, 0.05) is 32.7 Å². The third kappa shape index (κ3) is 5.21. The van der Waals surface area contributed by atoms with E-state index < -0.39 is 0 Å². The summed E-state index contributed by atoms with van der Waals surface area (Å²) < 4.78 is 13.1. The Kier molecular flexibility index (Phi) is 5.69. The molecule has 1 amide bonds. The van der Waals surface area contributed by atoms with Crippen molar-refractivity contribution < 1.29 is 9.18 Å². The van der Waals surface area contributed by atoms with E-state index in [0.717, 1.165) is 0 Å². The second-order valence-electron chi connectivity index (χ2n) is 4.37. The summed E-state index contributed by atoms with van der Waals surface area (Å²) >= 11 is 4.77. The van der Waals surface area contributed by atoms with Crippen LogP contribution in [0, 0.1) is 5.82 Å². The fraction of sp³-hybridized carbons (Fsp3) is 0.385. The van der Waals surface area contributed by atoms with Crippen LogP contribution in [-0.2, 0) is 4.79 Å². The van der Waals surface area contributed by atoms with Crippen LogP contribution in [0.25, 0.3) is 0 Å². The van der Waals surface area contributed by atoms with Crippen molar-refractivity contribution in [3.8, 4) is 0 Å². The zero-order chi connectivity index (χ0) is 14.4. The zero-order valence-corrected chi connectivity index (χ0v) is 11.9. The Morgan fingerprint density at radius 1 is 1.42 bits per heavy atom. The molecule has 0 aromatic heterocycles. The number of carbonyl (C=O) groups excluding carboxylic acids is 1. The van der Waals surface area contributed by atoms with Gasteiger partial charge in [0.15, 0.2) is 0 Å². The molecular formula is C13H18FN3OS. The lowest BCUT2D eigenvalue weighted by atomic mass is 10.3. The van der Waals surface area contributed by atoms with E-state index in [0.29, 0.717) is 23.6 Å². The smallest absolute Gasteiger partial charge is 0.241 e. The van der Waals surface area contributed by atoms with Gasteiger partial charge < -0.3 is 15.5 Å². The molecule has 0 aliphatic rings. The van der Waals surface area contributed by atoms with E-state index in [1.807, 2.05) is 0 Å². The number of rotatable bonds is 6. The highest BCUT2D eigenvalue weighted by Crippen LogP contribution is 2.13. The van der Waals surface area contributed by atoms with Crippen LogP contribution in [0.15, 0.2) is 24.3 Å². The van der Waals surface area contributed by atoms with Crippen LogP contribution >= 0.6 is 12.2 Å². The highest BCUT2D eigenvalue weighted by atomic mass is 32.1. The van der Waals surface area contributed by atoms with Crippen molar-refractivity contribution in [1.82, 2.24) is 4.90 Å². The number of thiocarbonyl (C=S) groups is 1. The minimum absolute atomic E-state index is 0.0667. The maximum Gasteiger partial charge on any atom is 0.241 e. The van der Waals surface area contributed by atoms with E-state index in [1.54, 1.807) is 36.0 Å². The number of benzene rings is 1. The average molecular weight is 283 g/mol. The summed E-state index contributed by atoms with van der Waals surface area (Å²) in [6.07, 6.45) is 0.501. The van der Waals surface area contributed by atoms with Crippen molar-refractivity contribution in [2.75, 3.05) is 32.1 Å². The molecule has 2 N–H and O–H groups in total. The van der Waals surface area contributed by atoms with Gasteiger partial charge in [-0.1, -0.05) is 18.3 Å². The monoisotopic (exact) mass is 283 g/mol. The fourth-order valence-electron chi connectivity index (χ4n) is 1.53. The number of hydrogen-bond donors (Lipinski definition) is 1. The Bertz CT molecular complexity index is 467. The normalized spacial score (nSPS) is 10.1. The molecule has 0 radical (unpaired) electrons. The number of amides is 1. The lowest BCUT2D eigenvalue weighted by Crippen LogP contribution is -2.38. The summed E-state index contributed by atoms with van der Waals surface area (Å²) in [6, 6.07) is 6.13. The highest BCUT2D eigenvalue weighted by molar-refractivity contribution is 7.80. The Labute approximate surface area is 118 Å². The summed E-state index contributed by atoms with van der Waals surface area (Å²) in [6.45, 7) is 0.669. The Balaban J connectivity index is 2.54. The van der Waals surface area contributed by atoms with Crippen LogP contribution in [0.2, 0.25) is 0 Å². The maximum absolute atomic E-state index is 13.1. The molecule has 104 valence electrons. The number of nitrogens with zero attached hydrogens (tertiary/aromatic N) is 2. The number of carbonyl (C=O) groups is 1. The van der Waals surface area contributed by atoms with E-state index in [1.165, 1.54) is 12.1 Å². The van der Waals surface area contributed by atoms with Crippen molar-refractivity contribution >= 4 is 28.8 Å². The molecule has 0 aliphatic heterocycles. The van der Waals surface area contributed by atoms with Crippen LogP contribution in [-0.4, -0.2) is 43.0 Å². The van der Waals surface area contributed by atoms with E-state index in [2.05, 4.69) is 0 Å². The molecular weight excluding hydrogens is 265 g/mol. The molecule has 0 saturated heterocycles. The molecule has 1 aromatic rings. The van der Waals surface area contributed by atoms with Crippen LogP contribution in [0.3, 0.4) is 0 Å². The summed E-state index contributed by atoms with van der Waals surface area (Å²) in [5, 5.41) is 0. The van der Waals surface area contributed by atoms with Gasteiger partial charge in [-0.2, -0.15) is 0 Å². The minimum Gasteiger partial charge on any atom is -0.393 e. The molecule has 0 fully saturated rings. The van der Waals surface area contributed by atoms with Gasteiger partial charge in [0.05, 0.1) is 11.5 Å². The third-order valence-corrected chi connectivity index (χ3v) is 2.94. The summed E-state index contributed by atoms with van der Waals surface area (Å²) in [5.74, 6) is -0.387. The molecule has 0 spiro atoms. The molecule has 0 saturated carbocycles. The van der Waals surface area contributed by atoms with Crippen LogP contribution < -0.4 is 10.6 Å². The van der Waals surface area contributed by atoms with Gasteiger partial charge in [0.2, 0.25) is 5.91 Å². The van der Waals surface area contributed by atoms with Gasteiger partial charge in [-0.3, -0.25) is 4.79 Å². The van der Waals surface area contributed by atoms with Crippen molar-refractivity contribution in [2.24, 2.45) is 5.73 Å². The largest absolute Gasteiger partial charge is 0.393 e. The minimum atomic E-state index is -0.321. The van der Waals surface area contributed by atoms with Gasteiger partial charge in [0.25, 0.3) is 0 Å². The second-order valence-corrected chi connectivity index (χ2v) is 4.89. The van der Waals surface area contributed by atoms with Crippen LogP contribution in [0.4, 0.5) is 10.1 Å². The molecule has 1 rings (SSSR count). The lowest BCUT2D eigenvalue weighted by molar-refractivity contribution is -0.128. The quantitative estimate of drug-likeness (QED) is 0.802. The van der Waals surface area contributed by atoms with Gasteiger partial charge >= 0.3 is 0 Å². The first kappa shape index (κ1) is 15.4. The van der Waals surface area contributed by atoms with Gasteiger partial charge in [-0.25, -0.2) is 4.39 Å². The van der Waals surface area contributed by atoms with Crippen molar-refractivity contribution in [1.29, 1.82) is 0 Å². The van der Waals surface area contributed by atoms with Crippen LogP contribution in [0.1, 0.15) is 6.42 Å². The maximum atomic E-state index is 13.1. The molecule has 0 heterocycles. The number of anilines is 1. The highest BCUT2D eigenvalue weighted by Gasteiger charge is 2.12. The topological polar surface area (TPSA) is 49.6 Å². The standard InChI is InChI=1S/C13H18FN3OS/c1-16(7-6-12(15)19)13(18)9-17(2)11-5-3-4-10(14)8-11/h3-5,8H,6-7,9H2,1-2H3,(H2,15,19). The van der Waals surface area contributed by atoms with E-state index in [-0.39, 0.29) is 18.3 Å². The second kappa shape index (κ2) is 7.04. The lowest BCUT2D eigenvalue weighted by Gasteiger charge is -2.23. The molecule has 0 unspecified atom stereocenters. The molecule has 0 bridgehead atoms. The van der Waals surface area contributed by atoms with Crippen molar-refractivity contribution in [2.45, 2.75) is 6.42 Å². The third-order valence-electron chi connectivity index (χ3n) is 2.74. The van der Waals surface area contributed by atoms with E-state index in [9.17, 15) is 9.18 Å². The predicted molar refractivity (Wildman–Crippen MR) is 78.7 cm³/mol. The van der Waals surface area contributed by atoms with Gasteiger partial charge in [0.1, 0.15) is 5.82 Å². The first-order chi connectivity index (χ1) is 8.90. The molecule has 0 aliphatic carbocycles. The summed E-state index contributed by atoms with van der Waals surface area (Å²) in [7, 11) is 3.44. The Morgan fingerprint density at radius 3 is 2.68 bits per heavy atom. The van der Waals surface area contributed by atoms with Crippen LogP contribution in [0.5, 0.6) is 0 Å². The average Bonchev–Trinajstić information content (AvgIpc) is 2.35. The SMILES string of the molecule is CN(CCC(N)=S)C(=O)CN(C)c1cccc(F)c1. The Hall–Kier alpha value is -1.69. The molecule has 1 aromatic carbocycles. The first-order valence-corrected chi connectivity index (χ1v) is 6.30. The summed E-state index contributed by atoms with van der Waals surface area (Å²) in [5.41, 5.74) is 6.05.